The standard InChI is InChI=1S/C13H19FN2OS/c1-17-13-7-12(11(15)6-10(13)14)16-8-9-4-2-3-5-18-9/h6-7,9,16H,2-5,8,15H2,1H3. The Morgan fingerprint density at radius 2 is 2.33 bits per heavy atom. The van der Waals surface area contributed by atoms with Gasteiger partial charge >= 0.3 is 0 Å². The first-order valence-electron chi connectivity index (χ1n) is 6.19. The van der Waals surface area contributed by atoms with Crippen LogP contribution in [-0.4, -0.2) is 24.7 Å². The Labute approximate surface area is 111 Å². The smallest absolute Gasteiger partial charge is 0.167 e. The molecule has 1 atom stereocenters. The molecule has 0 amide bonds. The van der Waals surface area contributed by atoms with Crippen LogP contribution in [0.3, 0.4) is 0 Å². The molecule has 100 valence electrons. The number of ether oxygens (including phenoxy) is 1. The van der Waals surface area contributed by atoms with E-state index in [1.54, 1.807) is 6.07 Å². The van der Waals surface area contributed by atoms with Crippen LogP contribution in [0.2, 0.25) is 0 Å². The minimum atomic E-state index is -0.424. The highest BCUT2D eigenvalue weighted by molar-refractivity contribution is 7.99. The van der Waals surface area contributed by atoms with Gasteiger partial charge in [-0.3, -0.25) is 0 Å². The Balaban J connectivity index is 1.99. The van der Waals surface area contributed by atoms with Crippen LogP contribution in [0.5, 0.6) is 5.75 Å². The SMILES string of the molecule is COc1cc(NCC2CCCCS2)c(N)cc1F. The third kappa shape index (κ3) is 3.22. The maximum absolute atomic E-state index is 13.4. The van der Waals surface area contributed by atoms with E-state index < -0.39 is 5.82 Å². The summed E-state index contributed by atoms with van der Waals surface area (Å²) in [6.45, 7) is 0.865. The van der Waals surface area contributed by atoms with Crippen LogP contribution in [0.4, 0.5) is 15.8 Å². The Morgan fingerprint density at radius 1 is 1.50 bits per heavy atom. The monoisotopic (exact) mass is 270 g/mol. The first kappa shape index (κ1) is 13.3. The van der Waals surface area contributed by atoms with Gasteiger partial charge in [0.15, 0.2) is 11.6 Å². The zero-order chi connectivity index (χ0) is 13.0. The van der Waals surface area contributed by atoms with Gasteiger partial charge in [-0.15, -0.1) is 0 Å². The van der Waals surface area contributed by atoms with Crippen LogP contribution in [0.1, 0.15) is 19.3 Å². The fraction of sp³-hybridized carbons (Fsp3) is 0.538. The Kier molecular flexibility index (Phi) is 4.58. The van der Waals surface area contributed by atoms with Gasteiger partial charge < -0.3 is 15.8 Å². The van der Waals surface area contributed by atoms with E-state index in [9.17, 15) is 4.39 Å². The number of methoxy groups -OCH3 is 1. The highest BCUT2D eigenvalue weighted by Gasteiger charge is 2.15. The summed E-state index contributed by atoms with van der Waals surface area (Å²) in [5.74, 6) is 1.03. The number of nitrogens with two attached hydrogens (primary N) is 1. The lowest BCUT2D eigenvalue weighted by Gasteiger charge is -2.22. The summed E-state index contributed by atoms with van der Waals surface area (Å²) in [4.78, 5) is 0. The third-order valence-corrected chi connectivity index (χ3v) is 4.52. The molecule has 1 fully saturated rings. The lowest BCUT2D eigenvalue weighted by Crippen LogP contribution is -2.20. The summed E-state index contributed by atoms with van der Waals surface area (Å²) in [6, 6.07) is 2.92. The molecule has 18 heavy (non-hydrogen) atoms. The van der Waals surface area contributed by atoms with Crippen LogP contribution in [-0.2, 0) is 0 Å². The van der Waals surface area contributed by atoms with Crippen molar-refractivity contribution in [3.8, 4) is 5.75 Å². The highest BCUT2D eigenvalue weighted by Crippen LogP contribution is 2.30. The molecule has 1 saturated heterocycles. The van der Waals surface area contributed by atoms with Gasteiger partial charge in [-0.05, 0) is 18.6 Å². The fourth-order valence-corrected chi connectivity index (χ4v) is 3.31. The van der Waals surface area contributed by atoms with Crippen molar-refractivity contribution < 1.29 is 9.13 Å². The van der Waals surface area contributed by atoms with Crippen molar-refractivity contribution in [2.24, 2.45) is 0 Å². The molecule has 0 spiro atoms. The molecule has 1 unspecified atom stereocenters. The molecule has 1 aromatic rings. The van der Waals surface area contributed by atoms with E-state index in [0.717, 1.165) is 12.2 Å². The molecule has 5 heteroatoms. The van der Waals surface area contributed by atoms with Gasteiger partial charge in [0.05, 0.1) is 18.5 Å². The lowest BCUT2D eigenvalue weighted by molar-refractivity contribution is 0.387. The average Bonchev–Trinajstić information content (AvgIpc) is 2.39. The van der Waals surface area contributed by atoms with Crippen LogP contribution >= 0.6 is 11.8 Å². The molecule has 2 rings (SSSR count). The number of hydrogen-bond acceptors (Lipinski definition) is 4. The molecule has 0 bridgehead atoms. The van der Waals surface area contributed by atoms with Gasteiger partial charge in [0.1, 0.15) is 0 Å². The largest absolute Gasteiger partial charge is 0.494 e. The van der Waals surface area contributed by atoms with E-state index in [1.165, 1.54) is 38.2 Å². The minimum Gasteiger partial charge on any atom is -0.494 e. The molecule has 1 heterocycles. The normalized spacial score (nSPS) is 19.6. The molecule has 0 aromatic heterocycles. The topological polar surface area (TPSA) is 47.3 Å². The summed E-state index contributed by atoms with van der Waals surface area (Å²) < 4.78 is 18.3. The fourth-order valence-electron chi connectivity index (χ4n) is 2.07. The number of halogens is 1. The molecule has 0 radical (unpaired) electrons. The zero-order valence-electron chi connectivity index (χ0n) is 10.5. The van der Waals surface area contributed by atoms with Crippen molar-refractivity contribution in [2.45, 2.75) is 24.5 Å². The van der Waals surface area contributed by atoms with E-state index in [2.05, 4.69) is 5.32 Å². The number of nitrogen functional groups attached to an aromatic ring is 1. The minimum absolute atomic E-state index is 0.225. The predicted molar refractivity (Wildman–Crippen MR) is 76.0 cm³/mol. The van der Waals surface area contributed by atoms with Crippen LogP contribution < -0.4 is 15.8 Å². The first-order chi connectivity index (χ1) is 8.70. The van der Waals surface area contributed by atoms with Gasteiger partial charge in [-0.25, -0.2) is 4.39 Å². The highest BCUT2D eigenvalue weighted by atomic mass is 32.2. The van der Waals surface area contributed by atoms with Crippen LogP contribution in [0, 0.1) is 5.82 Å². The number of thioether (sulfide) groups is 1. The summed E-state index contributed by atoms with van der Waals surface area (Å²) in [5.41, 5.74) is 6.97. The molecule has 1 aromatic carbocycles. The van der Waals surface area contributed by atoms with Crippen molar-refractivity contribution in [1.82, 2.24) is 0 Å². The number of rotatable bonds is 4. The molecular formula is C13H19FN2OS. The second-order valence-electron chi connectivity index (χ2n) is 4.44. The predicted octanol–water partition coefficient (Wildman–Crippen LogP) is 3.11. The Morgan fingerprint density at radius 3 is 3.00 bits per heavy atom. The van der Waals surface area contributed by atoms with Crippen molar-refractivity contribution in [1.29, 1.82) is 0 Å². The molecule has 1 aliphatic heterocycles. The van der Waals surface area contributed by atoms with E-state index in [4.69, 9.17) is 10.5 Å². The lowest BCUT2D eigenvalue weighted by atomic mass is 10.2. The maximum atomic E-state index is 13.4. The molecular weight excluding hydrogens is 251 g/mol. The maximum Gasteiger partial charge on any atom is 0.167 e. The van der Waals surface area contributed by atoms with E-state index in [0.29, 0.717) is 10.9 Å². The molecule has 3 N–H and O–H groups in total. The van der Waals surface area contributed by atoms with Gasteiger partial charge in [-0.1, -0.05) is 6.42 Å². The van der Waals surface area contributed by atoms with Crippen LogP contribution in [0.15, 0.2) is 12.1 Å². The molecule has 1 aliphatic rings. The average molecular weight is 270 g/mol. The zero-order valence-corrected chi connectivity index (χ0v) is 11.4. The molecule has 3 nitrogen and oxygen atoms in total. The van der Waals surface area contributed by atoms with Crippen molar-refractivity contribution in [3.63, 3.8) is 0 Å². The first-order valence-corrected chi connectivity index (χ1v) is 7.24. The van der Waals surface area contributed by atoms with E-state index >= 15 is 0 Å². The Hall–Kier alpha value is -1.10. The summed E-state index contributed by atoms with van der Waals surface area (Å²) in [5, 5.41) is 3.91. The summed E-state index contributed by atoms with van der Waals surface area (Å²) >= 11 is 1.99. The quantitative estimate of drug-likeness (QED) is 0.825. The second kappa shape index (κ2) is 6.18. The van der Waals surface area contributed by atoms with Gasteiger partial charge in [-0.2, -0.15) is 11.8 Å². The second-order valence-corrected chi connectivity index (χ2v) is 5.85. The summed E-state index contributed by atoms with van der Waals surface area (Å²) in [6.07, 6.45) is 3.84. The molecule has 0 saturated carbocycles. The van der Waals surface area contributed by atoms with Crippen molar-refractivity contribution in [2.75, 3.05) is 30.5 Å². The van der Waals surface area contributed by atoms with Crippen molar-refractivity contribution in [3.05, 3.63) is 17.9 Å². The number of benzene rings is 1. The van der Waals surface area contributed by atoms with Crippen molar-refractivity contribution >= 4 is 23.1 Å². The Bertz CT molecular complexity index is 408. The van der Waals surface area contributed by atoms with Gasteiger partial charge in [0.25, 0.3) is 0 Å². The molecule has 0 aliphatic carbocycles. The summed E-state index contributed by atoms with van der Waals surface area (Å²) in [7, 11) is 1.45. The number of hydrogen-bond donors (Lipinski definition) is 2. The number of anilines is 2. The third-order valence-electron chi connectivity index (χ3n) is 3.12. The number of nitrogens with one attached hydrogen (secondary N) is 1. The van der Waals surface area contributed by atoms with Gasteiger partial charge in [0.2, 0.25) is 0 Å². The van der Waals surface area contributed by atoms with E-state index in [1.807, 2.05) is 11.8 Å². The van der Waals surface area contributed by atoms with E-state index in [-0.39, 0.29) is 5.75 Å². The van der Waals surface area contributed by atoms with Gasteiger partial charge in [0, 0.05) is 23.9 Å². The van der Waals surface area contributed by atoms with Crippen LogP contribution in [0.25, 0.3) is 0 Å².